The van der Waals surface area contributed by atoms with Crippen molar-refractivity contribution in [1.29, 1.82) is 0 Å². The third kappa shape index (κ3) is 0.652. The van der Waals surface area contributed by atoms with Gasteiger partial charge in [-0.05, 0) is 0 Å². The number of H-pyrrole nitrogens is 1. The van der Waals surface area contributed by atoms with E-state index in [1.165, 1.54) is 12.5 Å². The van der Waals surface area contributed by atoms with Gasteiger partial charge in [0, 0.05) is 0 Å². The third-order valence-electron chi connectivity index (χ3n) is 0.646. The number of carbonyl (C=O) groups excluding carboxylic acids is 1. The van der Waals surface area contributed by atoms with Crippen LogP contribution in [0.3, 0.4) is 0 Å². The molecular formula is C4H4N2O. The maximum atomic E-state index is 9.80. The standard InChI is InChI=1S/C4H4N2O/c7-2-4-1-5-3-6-4/h1-3H,(H,5,6)/i5+1,6+1. The van der Waals surface area contributed by atoms with Crippen molar-refractivity contribution in [1.82, 2.24) is 9.97 Å². The number of aromatic nitrogens is 2. The van der Waals surface area contributed by atoms with Gasteiger partial charge in [-0.3, -0.25) is 4.79 Å². The minimum absolute atomic E-state index is 0.514. The summed E-state index contributed by atoms with van der Waals surface area (Å²) >= 11 is 0. The average Bonchev–Trinajstić information content (AvgIpc) is 2.14. The lowest BCUT2D eigenvalue weighted by atomic mass is 10.6. The molecule has 7 heavy (non-hydrogen) atoms. The first-order valence-electron chi connectivity index (χ1n) is 1.87. The zero-order chi connectivity index (χ0) is 5.11. The van der Waals surface area contributed by atoms with E-state index in [1.54, 1.807) is 0 Å². The predicted octanol–water partition coefficient (Wildman–Crippen LogP) is 0.222. The number of rotatable bonds is 1. The summed E-state index contributed by atoms with van der Waals surface area (Å²) in [6, 6.07) is 0. The molecule has 0 fully saturated rings. The van der Waals surface area contributed by atoms with E-state index in [-0.39, 0.29) is 0 Å². The van der Waals surface area contributed by atoms with E-state index in [4.69, 9.17) is 0 Å². The molecule has 0 bridgehead atoms. The Hall–Kier alpha value is -1.12. The molecule has 0 aromatic carbocycles. The van der Waals surface area contributed by atoms with Crippen molar-refractivity contribution in [3.63, 3.8) is 0 Å². The van der Waals surface area contributed by atoms with Gasteiger partial charge in [-0.2, -0.15) is 0 Å². The summed E-state index contributed by atoms with van der Waals surface area (Å²) in [5, 5.41) is 0. The van der Waals surface area contributed by atoms with Crippen molar-refractivity contribution in [3.8, 4) is 0 Å². The first-order valence-corrected chi connectivity index (χ1v) is 1.87. The second-order valence-corrected chi connectivity index (χ2v) is 1.12. The van der Waals surface area contributed by atoms with E-state index < -0.39 is 0 Å². The number of aromatic amines is 1. The molecule has 1 aromatic rings. The van der Waals surface area contributed by atoms with Crippen LogP contribution in [0.25, 0.3) is 0 Å². The highest BCUT2D eigenvalue weighted by atomic mass is 16.1. The molecule has 1 aromatic heterocycles. The molecule has 0 aliphatic heterocycles. The van der Waals surface area contributed by atoms with Crippen LogP contribution in [-0.2, 0) is 0 Å². The number of nitrogens with zero attached hydrogens (tertiary/aromatic N) is 1. The van der Waals surface area contributed by atoms with Crippen LogP contribution in [0.2, 0.25) is 0 Å². The summed E-state index contributed by atoms with van der Waals surface area (Å²) in [5.41, 5.74) is 0.514. The molecule has 0 amide bonds. The van der Waals surface area contributed by atoms with Crippen molar-refractivity contribution in [2.45, 2.75) is 0 Å². The van der Waals surface area contributed by atoms with E-state index in [1.807, 2.05) is 0 Å². The minimum atomic E-state index is 0.514. The Morgan fingerprint density at radius 3 is 3.00 bits per heavy atom. The molecule has 3 heteroatoms. The fraction of sp³-hybridized carbons (Fsp3) is 0. The van der Waals surface area contributed by atoms with Crippen LogP contribution >= 0.6 is 0 Å². The number of imidazole rings is 1. The summed E-state index contributed by atoms with van der Waals surface area (Å²) in [5.74, 6) is 0. The zero-order valence-electron chi connectivity index (χ0n) is 3.59. The molecule has 1 rings (SSSR count). The number of hydrogen-bond donors (Lipinski definition) is 1. The molecule has 0 aliphatic rings. The topological polar surface area (TPSA) is 45.8 Å². The van der Waals surface area contributed by atoms with E-state index in [2.05, 4.69) is 9.97 Å². The molecular weight excluding hydrogens is 94.0 g/mol. The molecule has 0 atom stereocenters. The monoisotopic (exact) mass is 98.0 g/mol. The summed E-state index contributed by atoms with van der Waals surface area (Å²) in [4.78, 5) is 16.0. The van der Waals surface area contributed by atoms with E-state index >= 15 is 0 Å². The first kappa shape index (κ1) is 4.05. The van der Waals surface area contributed by atoms with Crippen LogP contribution in [0.4, 0.5) is 0 Å². The van der Waals surface area contributed by atoms with Crippen LogP contribution in [0.1, 0.15) is 10.5 Å². The van der Waals surface area contributed by atoms with Gasteiger partial charge in [-0.1, -0.05) is 0 Å². The van der Waals surface area contributed by atoms with Crippen LogP contribution in [0.5, 0.6) is 0 Å². The molecule has 3 nitrogen and oxygen atoms in total. The SMILES string of the molecule is O=Cc1c[15n]c[15nH]1. The van der Waals surface area contributed by atoms with Crippen LogP contribution < -0.4 is 0 Å². The van der Waals surface area contributed by atoms with Crippen molar-refractivity contribution in [3.05, 3.63) is 18.2 Å². The molecule has 0 radical (unpaired) electrons. The summed E-state index contributed by atoms with van der Waals surface area (Å²) in [6.07, 6.45) is 3.64. The van der Waals surface area contributed by atoms with Crippen LogP contribution in [0, 0.1) is 0 Å². The average molecular weight is 98.1 g/mol. The van der Waals surface area contributed by atoms with Gasteiger partial charge in [0.05, 0.1) is 18.2 Å². The van der Waals surface area contributed by atoms with Gasteiger partial charge < -0.3 is 4.98 Å². The summed E-state index contributed by atoms with van der Waals surface area (Å²) < 4.78 is 0. The molecule has 0 saturated heterocycles. The lowest BCUT2D eigenvalue weighted by Gasteiger charge is -1.67. The van der Waals surface area contributed by atoms with E-state index in [9.17, 15) is 4.79 Å². The van der Waals surface area contributed by atoms with Crippen molar-refractivity contribution >= 4 is 6.29 Å². The highest BCUT2D eigenvalue weighted by Crippen LogP contribution is 1.80. The fourth-order valence-corrected chi connectivity index (χ4v) is 0.331. The minimum Gasteiger partial charge on any atom is -0.342 e. The fourth-order valence-electron chi connectivity index (χ4n) is 0.331. The lowest BCUT2D eigenvalue weighted by molar-refractivity contribution is 0.111. The Bertz CT molecular complexity index is 145. The van der Waals surface area contributed by atoms with Crippen molar-refractivity contribution < 1.29 is 4.79 Å². The van der Waals surface area contributed by atoms with Crippen LogP contribution in [-0.4, -0.2) is 16.3 Å². The highest BCUT2D eigenvalue weighted by Gasteiger charge is 1.82. The Morgan fingerprint density at radius 2 is 2.71 bits per heavy atom. The Balaban J connectivity index is 2.96. The molecule has 0 unspecified atom stereocenters. The Kier molecular flexibility index (Phi) is 0.898. The van der Waals surface area contributed by atoms with Gasteiger partial charge in [-0.15, -0.1) is 0 Å². The van der Waals surface area contributed by atoms with Crippen LogP contribution in [0.15, 0.2) is 12.5 Å². The smallest absolute Gasteiger partial charge is 0.167 e. The largest absolute Gasteiger partial charge is 0.342 e. The predicted molar refractivity (Wildman–Crippen MR) is 24.0 cm³/mol. The number of hydrogen-bond acceptors (Lipinski definition) is 2. The number of carbonyl (C=O) groups is 1. The Morgan fingerprint density at radius 1 is 1.86 bits per heavy atom. The third-order valence-corrected chi connectivity index (χ3v) is 0.646. The van der Waals surface area contributed by atoms with E-state index in [0.717, 1.165) is 0 Å². The molecule has 36 valence electrons. The van der Waals surface area contributed by atoms with Gasteiger partial charge in [0.15, 0.2) is 6.29 Å². The second-order valence-electron chi connectivity index (χ2n) is 1.12. The summed E-state index contributed by atoms with van der Waals surface area (Å²) in [7, 11) is 0. The van der Waals surface area contributed by atoms with Gasteiger partial charge in [0.1, 0.15) is 0 Å². The van der Waals surface area contributed by atoms with Gasteiger partial charge in [0.2, 0.25) is 0 Å². The quantitative estimate of drug-likeness (QED) is 0.511. The molecule has 0 spiro atoms. The lowest BCUT2D eigenvalue weighted by Crippen LogP contribution is -1.72. The zero-order valence-corrected chi connectivity index (χ0v) is 3.59. The maximum absolute atomic E-state index is 9.80. The van der Waals surface area contributed by atoms with Crippen molar-refractivity contribution in [2.24, 2.45) is 0 Å². The molecule has 0 aliphatic carbocycles. The maximum Gasteiger partial charge on any atom is 0.167 e. The van der Waals surface area contributed by atoms with Gasteiger partial charge in [-0.25, -0.2) is 4.98 Å². The van der Waals surface area contributed by atoms with Gasteiger partial charge >= 0.3 is 0 Å². The molecule has 1 heterocycles. The van der Waals surface area contributed by atoms with E-state index in [0.29, 0.717) is 12.0 Å². The molecule has 1 N–H and O–H groups in total. The second kappa shape index (κ2) is 1.55. The van der Waals surface area contributed by atoms with Gasteiger partial charge in [0.25, 0.3) is 0 Å². The number of nitrogens with one attached hydrogen (secondary N) is 1. The molecule has 0 saturated carbocycles. The number of aldehydes is 1. The van der Waals surface area contributed by atoms with Crippen molar-refractivity contribution in [2.75, 3.05) is 0 Å². The Labute approximate surface area is 40.4 Å². The highest BCUT2D eigenvalue weighted by molar-refractivity contribution is 5.70. The normalized spacial score (nSPS) is 8.57. The first-order chi connectivity index (χ1) is 3.43. The summed E-state index contributed by atoms with van der Waals surface area (Å²) in [6.45, 7) is 0.